The molecule has 0 radical (unpaired) electrons. The van der Waals surface area contributed by atoms with Crippen LogP contribution in [-0.2, 0) is 0 Å². The van der Waals surface area contributed by atoms with E-state index >= 15 is 0 Å². The number of nitrogens with zero attached hydrogens (tertiary/aromatic N) is 2. The molecule has 2 aromatic carbocycles. The molecule has 0 fully saturated rings. The molecule has 0 spiro atoms. The fourth-order valence-electron chi connectivity index (χ4n) is 3.07. The maximum Gasteiger partial charge on any atom is 0.165 e. The van der Waals surface area contributed by atoms with E-state index in [1.54, 1.807) is 30.6 Å². The molecule has 0 aliphatic heterocycles. The van der Waals surface area contributed by atoms with Gasteiger partial charge in [0, 0.05) is 23.5 Å². The summed E-state index contributed by atoms with van der Waals surface area (Å²) in [7, 11) is 0. The summed E-state index contributed by atoms with van der Waals surface area (Å²) < 4.78 is 19.4. The first-order valence-corrected chi connectivity index (χ1v) is 10.4. The van der Waals surface area contributed by atoms with Crippen molar-refractivity contribution in [2.75, 3.05) is 6.61 Å². The molecule has 1 N–H and O–H groups in total. The van der Waals surface area contributed by atoms with Gasteiger partial charge in [0.15, 0.2) is 17.4 Å². The highest BCUT2D eigenvalue weighted by Crippen LogP contribution is 2.25. The van der Waals surface area contributed by atoms with Gasteiger partial charge in [-0.25, -0.2) is 14.4 Å². The first-order valence-electron chi connectivity index (χ1n) is 10.4. The van der Waals surface area contributed by atoms with E-state index in [4.69, 9.17) is 4.74 Å². The van der Waals surface area contributed by atoms with E-state index in [0.717, 1.165) is 36.0 Å². The van der Waals surface area contributed by atoms with Crippen molar-refractivity contribution in [1.29, 1.82) is 0 Å². The van der Waals surface area contributed by atoms with Crippen LogP contribution >= 0.6 is 0 Å². The van der Waals surface area contributed by atoms with Crippen LogP contribution in [-0.4, -0.2) is 27.8 Å². The highest BCUT2D eigenvalue weighted by molar-refractivity contribution is 5.66. The molecule has 1 aromatic heterocycles. The summed E-state index contributed by atoms with van der Waals surface area (Å²) in [6.45, 7) is 5.62. The second kappa shape index (κ2) is 11.2. The molecule has 0 aliphatic rings. The van der Waals surface area contributed by atoms with Crippen LogP contribution in [0.3, 0.4) is 0 Å². The number of halogens is 1. The van der Waals surface area contributed by atoms with E-state index in [-0.39, 0.29) is 18.5 Å². The quantitative estimate of drug-likeness (QED) is 0.320. The molecule has 0 aliphatic carbocycles. The van der Waals surface area contributed by atoms with Crippen LogP contribution < -0.4 is 4.74 Å². The number of unbranched alkanes of at least 4 members (excludes halogenated alkanes) is 1. The van der Waals surface area contributed by atoms with Crippen LogP contribution in [0, 0.1) is 5.82 Å². The molecule has 3 aromatic rings. The third kappa shape index (κ3) is 6.59. The van der Waals surface area contributed by atoms with Gasteiger partial charge in [-0.2, -0.15) is 0 Å². The van der Waals surface area contributed by atoms with E-state index in [1.807, 2.05) is 31.2 Å². The van der Waals surface area contributed by atoms with Crippen molar-refractivity contribution in [3.05, 3.63) is 85.0 Å². The third-order valence-corrected chi connectivity index (χ3v) is 4.75. The van der Waals surface area contributed by atoms with E-state index in [1.165, 1.54) is 6.07 Å². The summed E-state index contributed by atoms with van der Waals surface area (Å²) in [5.41, 5.74) is 3.61. The van der Waals surface area contributed by atoms with Gasteiger partial charge in [-0.05, 0) is 55.5 Å². The second-order valence-electron chi connectivity index (χ2n) is 7.34. The maximum absolute atomic E-state index is 14.2. The van der Waals surface area contributed by atoms with Crippen molar-refractivity contribution < 1.29 is 14.2 Å². The average Bonchev–Trinajstić information content (AvgIpc) is 2.78. The van der Waals surface area contributed by atoms with Crippen LogP contribution in [0.15, 0.2) is 73.6 Å². The normalized spacial score (nSPS) is 12.1. The summed E-state index contributed by atoms with van der Waals surface area (Å²) in [6, 6.07) is 12.8. The number of aliphatic hydroxyl groups excluding tert-OH is 1. The molecule has 0 bridgehead atoms. The molecule has 1 heterocycles. The first-order chi connectivity index (χ1) is 15.1. The Morgan fingerprint density at radius 1 is 1.06 bits per heavy atom. The zero-order valence-electron chi connectivity index (χ0n) is 17.7. The lowest BCUT2D eigenvalue weighted by molar-refractivity contribution is 0.182. The Bertz CT molecular complexity index is 1010. The molecule has 31 heavy (non-hydrogen) atoms. The summed E-state index contributed by atoms with van der Waals surface area (Å²) in [5, 5.41) is 9.28. The number of aliphatic hydroxyl groups is 1. The van der Waals surface area contributed by atoms with E-state index < -0.39 is 5.82 Å². The van der Waals surface area contributed by atoms with Crippen molar-refractivity contribution in [2.45, 2.75) is 32.3 Å². The van der Waals surface area contributed by atoms with Crippen molar-refractivity contribution >= 4 is 6.08 Å². The molecule has 160 valence electrons. The smallest absolute Gasteiger partial charge is 0.165 e. The SMILES string of the molecule is C=CCOc1ccc(-c2ncc(-c3ccc(/C=C/CCCC(C)O)cc3)cn2)cc1F. The molecule has 3 rings (SSSR count). The topological polar surface area (TPSA) is 55.2 Å². The predicted octanol–water partition coefficient (Wildman–Crippen LogP) is 6.08. The van der Waals surface area contributed by atoms with Crippen molar-refractivity contribution in [3.63, 3.8) is 0 Å². The molecular weight excluding hydrogens is 391 g/mol. The molecule has 1 unspecified atom stereocenters. The number of hydrogen-bond acceptors (Lipinski definition) is 4. The summed E-state index contributed by atoms with van der Waals surface area (Å²) in [6.07, 6.45) is 11.8. The average molecular weight is 419 g/mol. The maximum atomic E-state index is 14.2. The van der Waals surface area contributed by atoms with Crippen LogP contribution in [0.25, 0.3) is 28.6 Å². The zero-order valence-corrected chi connectivity index (χ0v) is 17.7. The number of rotatable bonds is 10. The van der Waals surface area contributed by atoms with E-state index in [2.05, 4.69) is 28.7 Å². The minimum Gasteiger partial charge on any atom is -0.486 e. The Balaban J connectivity index is 1.64. The Labute approximate surface area is 182 Å². The highest BCUT2D eigenvalue weighted by atomic mass is 19.1. The lowest BCUT2D eigenvalue weighted by Gasteiger charge is -2.07. The Morgan fingerprint density at radius 2 is 1.77 bits per heavy atom. The fraction of sp³-hybridized carbons (Fsp3) is 0.231. The molecule has 0 saturated carbocycles. The van der Waals surface area contributed by atoms with Gasteiger partial charge >= 0.3 is 0 Å². The highest BCUT2D eigenvalue weighted by Gasteiger charge is 2.08. The van der Waals surface area contributed by atoms with Crippen molar-refractivity contribution in [3.8, 4) is 28.3 Å². The Hall–Kier alpha value is -3.31. The van der Waals surface area contributed by atoms with Crippen molar-refractivity contribution in [2.24, 2.45) is 0 Å². The predicted molar refractivity (Wildman–Crippen MR) is 123 cm³/mol. The fourth-order valence-corrected chi connectivity index (χ4v) is 3.07. The van der Waals surface area contributed by atoms with Gasteiger partial charge in [0.2, 0.25) is 0 Å². The number of hydrogen-bond donors (Lipinski definition) is 1. The zero-order chi connectivity index (χ0) is 22.1. The molecule has 5 heteroatoms. The Morgan fingerprint density at radius 3 is 2.42 bits per heavy atom. The monoisotopic (exact) mass is 418 g/mol. The van der Waals surface area contributed by atoms with Gasteiger partial charge in [-0.3, -0.25) is 0 Å². The van der Waals surface area contributed by atoms with Crippen molar-refractivity contribution in [1.82, 2.24) is 9.97 Å². The summed E-state index contributed by atoms with van der Waals surface area (Å²) in [5.74, 6) is 0.175. The summed E-state index contributed by atoms with van der Waals surface area (Å²) in [4.78, 5) is 8.79. The number of ether oxygens (including phenoxy) is 1. The van der Waals surface area contributed by atoms with E-state index in [0.29, 0.717) is 11.4 Å². The molecule has 0 amide bonds. The minimum absolute atomic E-state index is 0.178. The van der Waals surface area contributed by atoms with Gasteiger partial charge < -0.3 is 9.84 Å². The molecule has 0 saturated heterocycles. The lowest BCUT2D eigenvalue weighted by Crippen LogP contribution is -1.97. The van der Waals surface area contributed by atoms with Gasteiger partial charge in [-0.1, -0.05) is 49.1 Å². The van der Waals surface area contributed by atoms with E-state index in [9.17, 15) is 9.50 Å². The number of aromatic nitrogens is 2. The lowest BCUT2D eigenvalue weighted by atomic mass is 10.1. The first kappa shape index (κ1) is 22.4. The minimum atomic E-state index is -0.457. The van der Waals surface area contributed by atoms with Gasteiger partial charge in [0.05, 0.1) is 6.10 Å². The molecule has 1 atom stereocenters. The largest absolute Gasteiger partial charge is 0.486 e. The van der Waals surface area contributed by atoms with Crippen LogP contribution in [0.2, 0.25) is 0 Å². The van der Waals surface area contributed by atoms with Gasteiger partial charge in [-0.15, -0.1) is 0 Å². The molecular formula is C26H27FN2O2. The van der Waals surface area contributed by atoms with Crippen LogP contribution in [0.5, 0.6) is 5.75 Å². The standard InChI is InChI=1S/C26H27FN2O2/c1-3-15-31-25-14-13-22(16-24(25)27)26-28-17-23(18-29-26)21-11-9-20(10-12-21)8-6-4-5-7-19(2)30/h3,6,8-14,16-19,30H,1,4-5,7,15H2,2H3/b8-6+. The molecule has 4 nitrogen and oxygen atoms in total. The third-order valence-electron chi connectivity index (χ3n) is 4.75. The number of allylic oxidation sites excluding steroid dienone is 1. The van der Waals surface area contributed by atoms with Crippen LogP contribution in [0.4, 0.5) is 4.39 Å². The van der Waals surface area contributed by atoms with Gasteiger partial charge in [0.1, 0.15) is 6.61 Å². The van der Waals surface area contributed by atoms with Crippen LogP contribution in [0.1, 0.15) is 31.7 Å². The number of benzene rings is 2. The summed E-state index contributed by atoms with van der Waals surface area (Å²) >= 11 is 0. The second-order valence-corrected chi connectivity index (χ2v) is 7.34. The Kier molecular flexibility index (Phi) is 8.07. The van der Waals surface area contributed by atoms with Gasteiger partial charge in [0.25, 0.3) is 0 Å².